The Hall–Kier alpha value is -2.21. The average Bonchev–Trinajstić information content (AvgIpc) is 3.22. The third-order valence-electron chi connectivity index (χ3n) is 6.36. The number of nitrogens with zero attached hydrogens (tertiary/aromatic N) is 3. The molecule has 7 nitrogen and oxygen atoms in total. The van der Waals surface area contributed by atoms with Gasteiger partial charge in [0.2, 0.25) is 10.0 Å². The van der Waals surface area contributed by atoms with Gasteiger partial charge < -0.3 is 14.0 Å². The summed E-state index contributed by atoms with van der Waals surface area (Å²) in [5.74, 6) is 0.832. The number of benzene rings is 2. The molecule has 1 fully saturated rings. The van der Waals surface area contributed by atoms with E-state index in [0.717, 1.165) is 24.8 Å². The first kappa shape index (κ1) is 27.8. The van der Waals surface area contributed by atoms with E-state index in [-0.39, 0.29) is 10.6 Å². The number of aryl methyl sites for hydroxylation is 1. The molecule has 1 saturated heterocycles. The maximum Gasteiger partial charge on any atom is 0.387 e. The van der Waals surface area contributed by atoms with Gasteiger partial charge in [-0.15, -0.1) is 0 Å². The molecule has 2 aromatic carbocycles. The summed E-state index contributed by atoms with van der Waals surface area (Å²) in [5.41, 5.74) is 2.03. The summed E-state index contributed by atoms with van der Waals surface area (Å²) < 4.78 is 66.2. The zero-order chi connectivity index (χ0) is 26.4. The Labute approximate surface area is 221 Å². The number of rotatable bonds is 12. The first-order valence-electron chi connectivity index (χ1n) is 12.5. The lowest BCUT2D eigenvalue weighted by Gasteiger charge is -2.30. The van der Waals surface area contributed by atoms with Gasteiger partial charge in [-0.3, -0.25) is 0 Å². The van der Waals surface area contributed by atoms with Crippen LogP contribution >= 0.6 is 11.8 Å². The molecule has 0 radical (unpaired) electrons. The molecule has 0 unspecified atom stereocenters. The van der Waals surface area contributed by atoms with Gasteiger partial charge in [-0.25, -0.2) is 13.4 Å². The lowest BCUT2D eigenvalue weighted by Crippen LogP contribution is -2.39. The number of fused-ring (bicyclic) bond motifs is 1. The monoisotopic (exact) mass is 553 g/mol. The molecule has 0 N–H and O–H groups in total. The zero-order valence-electron chi connectivity index (χ0n) is 21.1. The SMILES string of the molecule is CCOCCCn1c(SCc2ccccc2OC(F)F)nc2cc(S(=O)(=O)N3CCC[C@H](C)C3)ccc21. The summed E-state index contributed by atoms with van der Waals surface area (Å²) in [4.78, 5) is 5.00. The molecule has 11 heteroatoms. The van der Waals surface area contributed by atoms with E-state index in [1.807, 2.05) is 11.5 Å². The second-order valence-corrected chi connectivity index (χ2v) is 12.0. The van der Waals surface area contributed by atoms with Crippen LogP contribution < -0.4 is 4.74 Å². The Morgan fingerprint density at radius 1 is 1.22 bits per heavy atom. The van der Waals surface area contributed by atoms with Crippen molar-refractivity contribution in [1.29, 1.82) is 0 Å². The van der Waals surface area contributed by atoms with E-state index in [1.165, 1.54) is 17.8 Å². The molecule has 37 heavy (non-hydrogen) atoms. The first-order chi connectivity index (χ1) is 17.8. The zero-order valence-corrected chi connectivity index (χ0v) is 22.7. The van der Waals surface area contributed by atoms with Gasteiger partial charge in [0.1, 0.15) is 5.75 Å². The smallest absolute Gasteiger partial charge is 0.387 e. The minimum absolute atomic E-state index is 0.133. The van der Waals surface area contributed by atoms with E-state index in [4.69, 9.17) is 9.72 Å². The maximum atomic E-state index is 13.3. The molecule has 4 rings (SSSR count). The number of sulfonamides is 1. The van der Waals surface area contributed by atoms with Gasteiger partial charge in [0.15, 0.2) is 5.16 Å². The molecule has 0 amide bonds. The summed E-state index contributed by atoms with van der Waals surface area (Å²) in [5, 5.41) is 0.680. The van der Waals surface area contributed by atoms with E-state index >= 15 is 0 Å². The molecule has 1 atom stereocenters. The van der Waals surface area contributed by atoms with Crippen LogP contribution in [0.4, 0.5) is 8.78 Å². The van der Waals surface area contributed by atoms with Gasteiger partial charge in [0.05, 0.1) is 15.9 Å². The van der Waals surface area contributed by atoms with Crippen LogP contribution in [0.5, 0.6) is 5.75 Å². The second-order valence-electron chi connectivity index (χ2n) is 9.13. The predicted molar refractivity (Wildman–Crippen MR) is 141 cm³/mol. The van der Waals surface area contributed by atoms with Crippen LogP contribution in [0.15, 0.2) is 52.5 Å². The molecule has 0 aliphatic carbocycles. The van der Waals surface area contributed by atoms with Crippen molar-refractivity contribution in [3.05, 3.63) is 48.0 Å². The van der Waals surface area contributed by atoms with Gasteiger partial charge in [-0.2, -0.15) is 13.1 Å². The van der Waals surface area contributed by atoms with Crippen LogP contribution in [0.25, 0.3) is 11.0 Å². The fourth-order valence-corrected chi connectivity index (χ4v) is 7.18. The lowest BCUT2D eigenvalue weighted by molar-refractivity contribution is -0.0503. The van der Waals surface area contributed by atoms with Crippen molar-refractivity contribution < 1.29 is 26.7 Å². The Balaban J connectivity index is 1.63. The molecule has 202 valence electrons. The highest BCUT2D eigenvalue weighted by Crippen LogP contribution is 2.32. The van der Waals surface area contributed by atoms with Gasteiger partial charge in [-0.1, -0.05) is 36.9 Å². The summed E-state index contributed by atoms with van der Waals surface area (Å²) in [6, 6.07) is 11.8. The van der Waals surface area contributed by atoms with E-state index < -0.39 is 16.6 Å². The van der Waals surface area contributed by atoms with Gasteiger partial charge in [0.25, 0.3) is 0 Å². The summed E-state index contributed by atoms with van der Waals surface area (Å²) in [6.07, 6.45) is 2.64. The van der Waals surface area contributed by atoms with Crippen LogP contribution in [0.1, 0.15) is 38.7 Å². The first-order valence-corrected chi connectivity index (χ1v) is 15.0. The van der Waals surface area contributed by atoms with Crippen LogP contribution in [0, 0.1) is 5.92 Å². The Morgan fingerprint density at radius 3 is 2.78 bits per heavy atom. The highest BCUT2D eigenvalue weighted by Gasteiger charge is 2.29. The van der Waals surface area contributed by atoms with E-state index in [9.17, 15) is 17.2 Å². The van der Waals surface area contributed by atoms with E-state index in [1.54, 1.807) is 40.7 Å². The fraction of sp³-hybridized carbons (Fsp3) is 0.500. The second kappa shape index (κ2) is 12.6. The van der Waals surface area contributed by atoms with Crippen molar-refractivity contribution >= 4 is 32.8 Å². The lowest BCUT2D eigenvalue weighted by atomic mass is 10.0. The third-order valence-corrected chi connectivity index (χ3v) is 9.25. The number of hydrogen-bond acceptors (Lipinski definition) is 6. The summed E-state index contributed by atoms with van der Waals surface area (Å²) in [6.45, 7) is 4.00. The van der Waals surface area contributed by atoms with Crippen LogP contribution in [-0.2, 0) is 27.1 Å². The Kier molecular flexibility index (Phi) is 9.44. The normalized spacial score (nSPS) is 17.1. The number of ether oxygens (including phenoxy) is 2. The van der Waals surface area contributed by atoms with E-state index in [0.29, 0.717) is 60.8 Å². The van der Waals surface area contributed by atoms with Gasteiger partial charge >= 0.3 is 6.61 Å². The summed E-state index contributed by atoms with van der Waals surface area (Å²) >= 11 is 1.40. The van der Waals surface area contributed by atoms with Crippen molar-refractivity contribution in [2.75, 3.05) is 26.3 Å². The number of thioether (sulfide) groups is 1. The maximum absolute atomic E-state index is 13.3. The molecule has 2 heterocycles. The van der Waals surface area contributed by atoms with Crippen molar-refractivity contribution in [1.82, 2.24) is 13.9 Å². The number of imidazole rings is 1. The van der Waals surface area contributed by atoms with Crippen LogP contribution in [-0.4, -0.2) is 55.2 Å². The standard InChI is InChI=1S/C26H33F2N3O4S2/c1-3-34-15-7-14-31-23-12-11-21(37(32,33)30-13-6-8-19(2)17-30)16-22(23)29-26(31)36-18-20-9-4-5-10-24(20)35-25(27)28/h4-5,9-12,16,19,25H,3,6-8,13-15,17-18H2,1-2H3/t19-/m0/s1. The largest absolute Gasteiger partial charge is 0.435 e. The summed E-state index contributed by atoms with van der Waals surface area (Å²) in [7, 11) is -3.62. The predicted octanol–water partition coefficient (Wildman–Crippen LogP) is 5.78. The molecule has 1 aliphatic rings. The molecular formula is C26H33F2N3O4S2. The molecular weight excluding hydrogens is 520 g/mol. The van der Waals surface area contributed by atoms with Crippen molar-refractivity contribution in [2.24, 2.45) is 5.92 Å². The van der Waals surface area contributed by atoms with Gasteiger partial charge in [-0.05, 0) is 56.4 Å². The number of alkyl halides is 2. The van der Waals surface area contributed by atoms with Crippen LogP contribution in [0.2, 0.25) is 0 Å². The molecule has 0 bridgehead atoms. The molecule has 0 saturated carbocycles. The topological polar surface area (TPSA) is 73.7 Å². The minimum atomic E-state index is -3.62. The quantitative estimate of drug-likeness (QED) is 0.209. The third kappa shape index (κ3) is 6.81. The van der Waals surface area contributed by atoms with Crippen LogP contribution in [0.3, 0.4) is 0 Å². The molecule has 1 aliphatic heterocycles. The number of aromatic nitrogens is 2. The number of halogens is 2. The molecule has 3 aromatic rings. The Bertz CT molecular complexity index is 1300. The molecule has 0 spiro atoms. The van der Waals surface area contributed by atoms with Crippen molar-refractivity contribution in [3.63, 3.8) is 0 Å². The average molecular weight is 554 g/mol. The fourth-order valence-electron chi connectivity index (χ4n) is 4.53. The van der Waals surface area contributed by atoms with E-state index in [2.05, 4.69) is 11.7 Å². The number of para-hydroxylation sites is 1. The molecule has 1 aromatic heterocycles. The van der Waals surface area contributed by atoms with Crippen molar-refractivity contribution in [3.8, 4) is 5.75 Å². The number of piperidine rings is 1. The number of hydrogen-bond donors (Lipinski definition) is 0. The van der Waals surface area contributed by atoms with Crippen molar-refractivity contribution in [2.45, 2.75) is 62.1 Å². The van der Waals surface area contributed by atoms with Gasteiger partial charge in [0, 0.05) is 44.2 Å². The minimum Gasteiger partial charge on any atom is -0.435 e. The highest BCUT2D eigenvalue weighted by molar-refractivity contribution is 7.98. The highest BCUT2D eigenvalue weighted by atomic mass is 32.2. The Morgan fingerprint density at radius 2 is 2.03 bits per heavy atom.